The van der Waals surface area contributed by atoms with Crippen molar-refractivity contribution >= 4 is 17.3 Å². The molecule has 0 aromatic heterocycles. The topological polar surface area (TPSA) is 55.1 Å². The average molecular weight is 218 g/mol. The Balaban J connectivity index is 2.54. The van der Waals surface area contributed by atoms with Crippen molar-refractivity contribution in [3.63, 3.8) is 0 Å². The van der Waals surface area contributed by atoms with Crippen molar-refractivity contribution in [2.45, 2.75) is 39.0 Å². The zero-order valence-corrected chi connectivity index (χ0v) is 9.84. The Labute approximate surface area is 96.0 Å². The first kappa shape index (κ1) is 11.0. The van der Waals surface area contributed by atoms with Gasteiger partial charge in [-0.3, -0.25) is 4.79 Å². The number of carbonyl (C=O) groups excluding carboxylic acids is 1. The Morgan fingerprint density at radius 2 is 2.06 bits per heavy atom. The second-order valence-electron chi connectivity index (χ2n) is 4.70. The summed E-state index contributed by atoms with van der Waals surface area (Å²) in [5.41, 5.74) is 10.00. The Morgan fingerprint density at radius 3 is 2.75 bits per heavy atom. The summed E-state index contributed by atoms with van der Waals surface area (Å²) in [6.45, 7) is 4.23. The lowest BCUT2D eigenvalue weighted by Crippen LogP contribution is -2.12. The minimum atomic E-state index is 0.116. The Morgan fingerprint density at radius 1 is 1.31 bits per heavy atom. The largest absolute Gasteiger partial charge is 0.399 e. The molecular weight excluding hydrogens is 200 g/mol. The van der Waals surface area contributed by atoms with Crippen LogP contribution in [0.3, 0.4) is 0 Å². The lowest BCUT2D eigenvalue weighted by Gasteiger charge is -2.16. The summed E-state index contributed by atoms with van der Waals surface area (Å²) in [6.07, 6.45) is 2.44. The second-order valence-corrected chi connectivity index (χ2v) is 4.70. The molecule has 0 unspecified atom stereocenters. The Bertz CT molecular complexity index is 424. The van der Waals surface area contributed by atoms with Crippen LogP contribution < -0.4 is 11.1 Å². The molecule has 1 aromatic carbocycles. The van der Waals surface area contributed by atoms with Crippen LogP contribution >= 0.6 is 0 Å². The summed E-state index contributed by atoms with van der Waals surface area (Å²) in [7, 11) is 0. The molecule has 0 saturated carbocycles. The van der Waals surface area contributed by atoms with Crippen molar-refractivity contribution in [3.8, 4) is 0 Å². The highest BCUT2D eigenvalue weighted by molar-refractivity contribution is 5.93. The highest BCUT2D eigenvalue weighted by Gasteiger charge is 2.18. The number of nitrogens with one attached hydrogen (secondary N) is 1. The van der Waals surface area contributed by atoms with Gasteiger partial charge in [0.15, 0.2) is 0 Å². The Kier molecular flexibility index (Phi) is 2.86. The van der Waals surface area contributed by atoms with E-state index < -0.39 is 0 Å². The van der Waals surface area contributed by atoms with Crippen LogP contribution in [0.1, 0.15) is 43.7 Å². The van der Waals surface area contributed by atoms with Crippen molar-refractivity contribution in [2.75, 3.05) is 11.1 Å². The van der Waals surface area contributed by atoms with E-state index in [1.54, 1.807) is 0 Å². The number of carbonyl (C=O) groups is 1. The van der Waals surface area contributed by atoms with E-state index in [1.807, 2.05) is 12.1 Å². The SMILES string of the molecule is CC(C)c1cc(N)cc2c1NC(=O)CCC2. The molecule has 0 saturated heterocycles. The molecule has 3 heteroatoms. The van der Waals surface area contributed by atoms with Crippen molar-refractivity contribution in [2.24, 2.45) is 0 Å². The van der Waals surface area contributed by atoms with Gasteiger partial charge in [-0.05, 0) is 42.0 Å². The normalized spacial score (nSPS) is 15.6. The lowest BCUT2D eigenvalue weighted by molar-refractivity contribution is -0.116. The van der Waals surface area contributed by atoms with Crippen LogP contribution in [0, 0.1) is 0 Å². The van der Waals surface area contributed by atoms with Crippen molar-refractivity contribution in [1.29, 1.82) is 0 Å². The Hall–Kier alpha value is -1.51. The molecule has 0 fully saturated rings. The van der Waals surface area contributed by atoms with E-state index in [4.69, 9.17) is 5.73 Å². The summed E-state index contributed by atoms with van der Waals surface area (Å²) in [5, 5.41) is 3.01. The van der Waals surface area contributed by atoms with Crippen LogP contribution in [0.2, 0.25) is 0 Å². The van der Waals surface area contributed by atoms with Gasteiger partial charge in [-0.15, -0.1) is 0 Å². The first-order valence-electron chi connectivity index (χ1n) is 5.80. The van der Waals surface area contributed by atoms with Gasteiger partial charge in [-0.1, -0.05) is 13.8 Å². The maximum atomic E-state index is 11.6. The lowest BCUT2D eigenvalue weighted by atomic mass is 9.95. The summed E-state index contributed by atoms with van der Waals surface area (Å²) in [4.78, 5) is 11.6. The molecule has 0 spiro atoms. The molecule has 0 radical (unpaired) electrons. The zero-order chi connectivity index (χ0) is 11.7. The maximum absolute atomic E-state index is 11.6. The van der Waals surface area contributed by atoms with Gasteiger partial charge in [-0.2, -0.15) is 0 Å². The number of fused-ring (bicyclic) bond motifs is 1. The maximum Gasteiger partial charge on any atom is 0.224 e. The van der Waals surface area contributed by atoms with Crippen molar-refractivity contribution in [3.05, 3.63) is 23.3 Å². The van der Waals surface area contributed by atoms with Gasteiger partial charge >= 0.3 is 0 Å². The van der Waals surface area contributed by atoms with Gasteiger partial charge < -0.3 is 11.1 Å². The molecule has 1 aliphatic heterocycles. The molecule has 86 valence electrons. The van der Waals surface area contributed by atoms with E-state index in [1.165, 1.54) is 5.56 Å². The number of nitrogens with two attached hydrogens (primary N) is 1. The average Bonchev–Trinajstić information content (AvgIpc) is 2.37. The van der Waals surface area contributed by atoms with E-state index in [0.29, 0.717) is 12.3 Å². The molecule has 0 atom stereocenters. The summed E-state index contributed by atoms with van der Waals surface area (Å²) in [6, 6.07) is 3.95. The third kappa shape index (κ3) is 2.03. The third-order valence-electron chi connectivity index (χ3n) is 3.01. The fourth-order valence-corrected chi connectivity index (χ4v) is 2.20. The van der Waals surface area contributed by atoms with Crippen LogP contribution in [0.25, 0.3) is 0 Å². The van der Waals surface area contributed by atoms with Gasteiger partial charge in [0.25, 0.3) is 0 Å². The molecule has 0 bridgehead atoms. The molecule has 1 heterocycles. The van der Waals surface area contributed by atoms with Gasteiger partial charge in [0.05, 0.1) is 0 Å². The number of hydrogen-bond acceptors (Lipinski definition) is 2. The third-order valence-corrected chi connectivity index (χ3v) is 3.01. The van der Waals surface area contributed by atoms with Crippen LogP contribution in [-0.4, -0.2) is 5.91 Å². The summed E-state index contributed by atoms with van der Waals surface area (Å²) >= 11 is 0. The number of nitrogen functional groups attached to an aromatic ring is 1. The highest BCUT2D eigenvalue weighted by atomic mass is 16.1. The monoisotopic (exact) mass is 218 g/mol. The highest BCUT2D eigenvalue weighted by Crippen LogP contribution is 2.33. The second kappa shape index (κ2) is 4.16. The predicted molar refractivity (Wildman–Crippen MR) is 66.5 cm³/mol. The van der Waals surface area contributed by atoms with E-state index >= 15 is 0 Å². The zero-order valence-electron chi connectivity index (χ0n) is 9.84. The van der Waals surface area contributed by atoms with E-state index in [0.717, 1.165) is 29.8 Å². The van der Waals surface area contributed by atoms with E-state index in [2.05, 4.69) is 19.2 Å². The molecule has 1 aliphatic rings. The first-order chi connectivity index (χ1) is 7.58. The first-order valence-corrected chi connectivity index (χ1v) is 5.80. The smallest absolute Gasteiger partial charge is 0.224 e. The van der Waals surface area contributed by atoms with Crippen LogP contribution in [0.4, 0.5) is 11.4 Å². The molecule has 1 amide bonds. The number of amides is 1. The minimum Gasteiger partial charge on any atom is -0.399 e. The minimum absolute atomic E-state index is 0.116. The predicted octanol–water partition coefficient (Wildman–Crippen LogP) is 2.67. The van der Waals surface area contributed by atoms with Crippen LogP contribution in [0.15, 0.2) is 12.1 Å². The number of aryl methyl sites for hydroxylation is 1. The van der Waals surface area contributed by atoms with Gasteiger partial charge in [0.2, 0.25) is 5.91 Å². The quantitative estimate of drug-likeness (QED) is 0.712. The van der Waals surface area contributed by atoms with Crippen molar-refractivity contribution in [1.82, 2.24) is 0 Å². The molecule has 1 aromatic rings. The van der Waals surface area contributed by atoms with Crippen LogP contribution in [-0.2, 0) is 11.2 Å². The summed E-state index contributed by atoms with van der Waals surface area (Å²) < 4.78 is 0. The van der Waals surface area contributed by atoms with Gasteiger partial charge in [-0.25, -0.2) is 0 Å². The van der Waals surface area contributed by atoms with E-state index in [-0.39, 0.29) is 5.91 Å². The van der Waals surface area contributed by atoms with E-state index in [9.17, 15) is 4.79 Å². The molecule has 3 nitrogen and oxygen atoms in total. The molecular formula is C13H18N2O. The van der Waals surface area contributed by atoms with Gasteiger partial charge in [0.1, 0.15) is 0 Å². The molecule has 16 heavy (non-hydrogen) atoms. The van der Waals surface area contributed by atoms with Gasteiger partial charge in [0, 0.05) is 17.8 Å². The molecule has 3 N–H and O–H groups in total. The molecule has 2 rings (SSSR count). The fourth-order valence-electron chi connectivity index (χ4n) is 2.20. The standard InChI is InChI=1S/C13H18N2O/c1-8(2)11-7-10(14)6-9-4-3-5-12(16)15-13(9)11/h6-8H,3-5,14H2,1-2H3,(H,15,16). The summed E-state index contributed by atoms with van der Waals surface area (Å²) in [5.74, 6) is 0.487. The molecule has 0 aliphatic carbocycles. The number of benzene rings is 1. The van der Waals surface area contributed by atoms with Crippen LogP contribution in [0.5, 0.6) is 0 Å². The number of anilines is 2. The number of hydrogen-bond donors (Lipinski definition) is 2. The fraction of sp³-hybridized carbons (Fsp3) is 0.462. The number of rotatable bonds is 1. The van der Waals surface area contributed by atoms with Crippen molar-refractivity contribution < 1.29 is 4.79 Å².